The number of nitrogens with one attached hydrogen (secondary N) is 1. The molecule has 1 heterocycles. The fourth-order valence-corrected chi connectivity index (χ4v) is 2.19. The Balaban J connectivity index is 2.38. The Labute approximate surface area is 113 Å². The van der Waals surface area contributed by atoms with Crippen molar-refractivity contribution in [2.75, 3.05) is 6.54 Å². The molecular formula is C15H20FN3. The van der Waals surface area contributed by atoms with Crippen LogP contribution in [0.15, 0.2) is 30.6 Å². The van der Waals surface area contributed by atoms with E-state index in [1.54, 1.807) is 16.9 Å². The zero-order chi connectivity index (χ0) is 13.8. The van der Waals surface area contributed by atoms with Crippen LogP contribution in [0.5, 0.6) is 0 Å². The van der Waals surface area contributed by atoms with Crippen LogP contribution < -0.4 is 5.32 Å². The van der Waals surface area contributed by atoms with Crippen molar-refractivity contribution in [3.63, 3.8) is 0 Å². The molecule has 4 heteroatoms. The number of aromatic nitrogens is 2. The molecular weight excluding hydrogens is 241 g/mol. The van der Waals surface area contributed by atoms with Crippen LogP contribution in [0.25, 0.3) is 11.1 Å². The van der Waals surface area contributed by atoms with E-state index in [1.807, 2.05) is 19.3 Å². The van der Waals surface area contributed by atoms with Gasteiger partial charge < -0.3 is 5.32 Å². The SMILES string of the molecule is CCCNC(C)c1ccc(F)cc1-c1cnn(C)c1. The molecule has 3 nitrogen and oxygen atoms in total. The highest BCUT2D eigenvalue weighted by Gasteiger charge is 2.13. The van der Waals surface area contributed by atoms with Gasteiger partial charge in [0, 0.05) is 24.8 Å². The van der Waals surface area contributed by atoms with Gasteiger partial charge in [0.1, 0.15) is 5.82 Å². The zero-order valence-electron chi connectivity index (χ0n) is 11.7. The minimum Gasteiger partial charge on any atom is -0.310 e. The summed E-state index contributed by atoms with van der Waals surface area (Å²) in [6, 6.07) is 5.14. The number of aryl methyl sites for hydroxylation is 1. The molecule has 0 saturated carbocycles. The fourth-order valence-electron chi connectivity index (χ4n) is 2.19. The molecule has 0 fully saturated rings. The van der Waals surface area contributed by atoms with Gasteiger partial charge in [-0.3, -0.25) is 4.68 Å². The predicted octanol–water partition coefficient (Wildman–Crippen LogP) is 3.29. The lowest BCUT2D eigenvalue weighted by Crippen LogP contribution is -2.19. The summed E-state index contributed by atoms with van der Waals surface area (Å²) in [5, 5.41) is 7.59. The van der Waals surface area contributed by atoms with Crippen LogP contribution in [0, 0.1) is 5.82 Å². The lowest BCUT2D eigenvalue weighted by Gasteiger charge is -2.17. The second kappa shape index (κ2) is 5.97. The van der Waals surface area contributed by atoms with Crippen molar-refractivity contribution in [1.29, 1.82) is 0 Å². The third-order valence-electron chi connectivity index (χ3n) is 3.20. The van der Waals surface area contributed by atoms with E-state index in [1.165, 1.54) is 6.07 Å². The fraction of sp³-hybridized carbons (Fsp3) is 0.400. The van der Waals surface area contributed by atoms with Crippen molar-refractivity contribution >= 4 is 0 Å². The van der Waals surface area contributed by atoms with Gasteiger partial charge in [-0.15, -0.1) is 0 Å². The van der Waals surface area contributed by atoms with Crippen molar-refractivity contribution in [3.05, 3.63) is 42.0 Å². The van der Waals surface area contributed by atoms with E-state index in [2.05, 4.69) is 24.3 Å². The van der Waals surface area contributed by atoms with E-state index < -0.39 is 0 Å². The highest BCUT2D eigenvalue weighted by atomic mass is 19.1. The molecule has 1 aromatic carbocycles. The van der Waals surface area contributed by atoms with Crippen molar-refractivity contribution < 1.29 is 4.39 Å². The van der Waals surface area contributed by atoms with Crippen LogP contribution in [0.4, 0.5) is 4.39 Å². The number of halogens is 1. The average molecular weight is 261 g/mol. The number of nitrogens with zero attached hydrogens (tertiary/aromatic N) is 2. The molecule has 0 bridgehead atoms. The molecule has 2 aromatic rings. The smallest absolute Gasteiger partial charge is 0.123 e. The summed E-state index contributed by atoms with van der Waals surface area (Å²) < 4.78 is 15.2. The molecule has 1 atom stereocenters. The van der Waals surface area contributed by atoms with Crippen molar-refractivity contribution in [2.45, 2.75) is 26.3 Å². The van der Waals surface area contributed by atoms with Crippen LogP contribution in [-0.4, -0.2) is 16.3 Å². The monoisotopic (exact) mass is 261 g/mol. The van der Waals surface area contributed by atoms with Crippen molar-refractivity contribution in [1.82, 2.24) is 15.1 Å². The molecule has 0 aliphatic rings. The van der Waals surface area contributed by atoms with Crippen LogP contribution in [0.3, 0.4) is 0 Å². The highest BCUT2D eigenvalue weighted by molar-refractivity contribution is 5.66. The minimum atomic E-state index is -0.217. The summed E-state index contributed by atoms with van der Waals surface area (Å²) in [4.78, 5) is 0. The minimum absolute atomic E-state index is 0.191. The Kier molecular flexibility index (Phi) is 4.32. The highest BCUT2D eigenvalue weighted by Crippen LogP contribution is 2.28. The van der Waals surface area contributed by atoms with Gasteiger partial charge in [-0.05, 0) is 43.1 Å². The normalized spacial score (nSPS) is 12.6. The number of rotatable bonds is 5. The van der Waals surface area contributed by atoms with Crippen molar-refractivity contribution in [2.24, 2.45) is 7.05 Å². The summed E-state index contributed by atoms with van der Waals surface area (Å²) in [5.74, 6) is -0.217. The van der Waals surface area contributed by atoms with Crippen LogP contribution in [0.2, 0.25) is 0 Å². The van der Waals surface area contributed by atoms with Crippen LogP contribution in [0.1, 0.15) is 31.9 Å². The maximum atomic E-state index is 13.5. The topological polar surface area (TPSA) is 29.9 Å². The molecule has 0 spiro atoms. The van der Waals surface area contributed by atoms with Gasteiger partial charge in [0.15, 0.2) is 0 Å². The molecule has 1 aromatic heterocycles. The van der Waals surface area contributed by atoms with Crippen LogP contribution in [-0.2, 0) is 7.05 Å². The van der Waals surface area contributed by atoms with Gasteiger partial charge in [-0.2, -0.15) is 5.10 Å². The second-order valence-electron chi connectivity index (χ2n) is 4.81. The molecule has 0 amide bonds. The molecule has 19 heavy (non-hydrogen) atoms. The van der Waals surface area contributed by atoms with Gasteiger partial charge in [0.05, 0.1) is 6.20 Å². The van der Waals surface area contributed by atoms with E-state index in [9.17, 15) is 4.39 Å². The third kappa shape index (κ3) is 3.20. The molecule has 2 rings (SSSR count). The number of hydrogen-bond acceptors (Lipinski definition) is 2. The largest absolute Gasteiger partial charge is 0.310 e. The Bertz CT molecular complexity index is 548. The lowest BCUT2D eigenvalue weighted by molar-refractivity contribution is 0.569. The number of hydrogen-bond donors (Lipinski definition) is 1. The van der Waals surface area contributed by atoms with Gasteiger partial charge in [0.25, 0.3) is 0 Å². The Hall–Kier alpha value is -1.68. The third-order valence-corrected chi connectivity index (χ3v) is 3.20. The Morgan fingerprint density at radius 2 is 2.21 bits per heavy atom. The average Bonchev–Trinajstić information content (AvgIpc) is 2.82. The molecule has 1 N–H and O–H groups in total. The van der Waals surface area contributed by atoms with Gasteiger partial charge in [-0.1, -0.05) is 13.0 Å². The van der Waals surface area contributed by atoms with E-state index in [0.717, 1.165) is 29.7 Å². The molecule has 1 unspecified atom stereocenters. The quantitative estimate of drug-likeness (QED) is 0.895. The van der Waals surface area contributed by atoms with Crippen molar-refractivity contribution in [3.8, 4) is 11.1 Å². The standard InChI is InChI=1S/C15H20FN3/c1-4-7-17-11(2)14-6-5-13(16)8-15(14)12-9-18-19(3)10-12/h5-6,8-11,17H,4,7H2,1-3H3. The second-order valence-corrected chi connectivity index (χ2v) is 4.81. The van der Waals surface area contributed by atoms with E-state index in [-0.39, 0.29) is 11.9 Å². The summed E-state index contributed by atoms with van der Waals surface area (Å²) in [6.07, 6.45) is 4.75. The summed E-state index contributed by atoms with van der Waals surface area (Å²) in [7, 11) is 1.86. The Morgan fingerprint density at radius 1 is 1.42 bits per heavy atom. The van der Waals surface area contributed by atoms with Crippen LogP contribution >= 0.6 is 0 Å². The molecule has 0 aliphatic carbocycles. The molecule has 0 saturated heterocycles. The summed E-state index contributed by atoms with van der Waals surface area (Å²) in [5.41, 5.74) is 2.95. The number of benzene rings is 1. The van der Waals surface area contributed by atoms with Gasteiger partial charge in [-0.25, -0.2) is 4.39 Å². The maximum Gasteiger partial charge on any atom is 0.123 e. The first-order valence-corrected chi connectivity index (χ1v) is 6.63. The summed E-state index contributed by atoms with van der Waals surface area (Å²) >= 11 is 0. The maximum absolute atomic E-state index is 13.5. The summed E-state index contributed by atoms with van der Waals surface area (Å²) in [6.45, 7) is 5.18. The molecule has 102 valence electrons. The molecule has 0 aliphatic heterocycles. The first-order chi connectivity index (χ1) is 9.11. The van der Waals surface area contributed by atoms with E-state index in [0.29, 0.717) is 0 Å². The molecule has 0 radical (unpaired) electrons. The zero-order valence-corrected chi connectivity index (χ0v) is 11.7. The first-order valence-electron chi connectivity index (χ1n) is 6.63. The first kappa shape index (κ1) is 13.7. The van der Waals surface area contributed by atoms with E-state index in [4.69, 9.17) is 0 Å². The Morgan fingerprint density at radius 3 is 2.84 bits per heavy atom. The van der Waals surface area contributed by atoms with Gasteiger partial charge >= 0.3 is 0 Å². The van der Waals surface area contributed by atoms with Gasteiger partial charge in [0.2, 0.25) is 0 Å². The predicted molar refractivity (Wildman–Crippen MR) is 75.3 cm³/mol. The lowest BCUT2D eigenvalue weighted by atomic mass is 9.97. The van der Waals surface area contributed by atoms with E-state index >= 15 is 0 Å².